The number of rotatable bonds is 6. The molecule has 2 heterocycles. The van der Waals surface area contributed by atoms with Crippen molar-refractivity contribution in [2.45, 2.75) is 11.3 Å². The summed E-state index contributed by atoms with van der Waals surface area (Å²) in [6.45, 7) is 1.58. The summed E-state index contributed by atoms with van der Waals surface area (Å²) in [7, 11) is -3.79. The molecule has 1 aliphatic heterocycles. The van der Waals surface area contributed by atoms with Gasteiger partial charge in [0.25, 0.3) is 5.69 Å². The van der Waals surface area contributed by atoms with Crippen LogP contribution in [-0.2, 0) is 16.4 Å². The summed E-state index contributed by atoms with van der Waals surface area (Å²) in [5.41, 5.74) is 1.83. The molecule has 0 saturated carbocycles. The molecule has 162 valence electrons. The van der Waals surface area contributed by atoms with E-state index in [1.54, 1.807) is 0 Å². The summed E-state index contributed by atoms with van der Waals surface area (Å²) in [6.07, 6.45) is 0.703. The third kappa shape index (κ3) is 4.87. The first-order valence-electron chi connectivity index (χ1n) is 9.51. The van der Waals surface area contributed by atoms with Crippen molar-refractivity contribution in [2.75, 3.05) is 31.1 Å². The summed E-state index contributed by atoms with van der Waals surface area (Å²) < 4.78 is 27.2. The van der Waals surface area contributed by atoms with Crippen molar-refractivity contribution >= 4 is 43.8 Å². The van der Waals surface area contributed by atoms with E-state index >= 15 is 0 Å². The minimum atomic E-state index is -3.79. The fraction of sp³-hybridized carbons (Fsp3) is 0.250. The normalized spacial score (nSPS) is 15.2. The molecular formula is C20H19ClN4O4S2. The Hall–Kier alpha value is -2.53. The van der Waals surface area contributed by atoms with Gasteiger partial charge in [-0.05, 0) is 23.8 Å². The van der Waals surface area contributed by atoms with E-state index in [0.717, 1.165) is 22.5 Å². The van der Waals surface area contributed by atoms with E-state index < -0.39 is 14.9 Å². The van der Waals surface area contributed by atoms with Crippen LogP contribution in [0.5, 0.6) is 0 Å². The largest absolute Gasteiger partial charge is 0.345 e. The third-order valence-corrected chi connectivity index (χ3v) is 8.11. The quantitative estimate of drug-likeness (QED) is 0.395. The van der Waals surface area contributed by atoms with Crippen molar-refractivity contribution in [2.24, 2.45) is 0 Å². The third-order valence-electron chi connectivity index (χ3n) is 5.01. The highest BCUT2D eigenvalue weighted by atomic mass is 35.5. The van der Waals surface area contributed by atoms with E-state index in [2.05, 4.69) is 4.90 Å². The smallest absolute Gasteiger partial charge is 0.270 e. The van der Waals surface area contributed by atoms with E-state index in [9.17, 15) is 18.5 Å². The van der Waals surface area contributed by atoms with Crippen LogP contribution < -0.4 is 4.90 Å². The molecule has 0 N–H and O–H groups in total. The Kier molecular flexibility index (Phi) is 6.24. The van der Waals surface area contributed by atoms with Gasteiger partial charge in [-0.25, -0.2) is 13.4 Å². The molecule has 3 aromatic rings. The molecule has 0 unspecified atom stereocenters. The van der Waals surface area contributed by atoms with Crippen LogP contribution in [0.1, 0.15) is 11.3 Å². The molecule has 1 aliphatic rings. The monoisotopic (exact) mass is 478 g/mol. The maximum absolute atomic E-state index is 12.9. The van der Waals surface area contributed by atoms with Crippen LogP contribution >= 0.6 is 22.9 Å². The first-order valence-corrected chi connectivity index (χ1v) is 12.2. The van der Waals surface area contributed by atoms with Gasteiger partial charge in [0.2, 0.25) is 10.0 Å². The maximum atomic E-state index is 12.9. The van der Waals surface area contributed by atoms with Crippen molar-refractivity contribution in [3.05, 3.63) is 80.3 Å². The molecular weight excluding hydrogens is 460 g/mol. The Morgan fingerprint density at radius 3 is 2.48 bits per heavy atom. The molecule has 4 rings (SSSR count). The van der Waals surface area contributed by atoms with E-state index in [1.807, 2.05) is 29.6 Å². The van der Waals surface area contributed by atoms with Gasteiger partial charge in [-0.1, -0.05) is 29.8 Å². The molecule has 0 radical (unpaired) electrons. The summed E-state index contributed by atoms with van der Waals surface area (Å²) in [6, 6.07) is 12.8. The second-order valence-corrected chi connectivity index (χ2v) is 10.3. The number of nitro benzene ring substituents is 1. The average molecular weight is 479 g/mol. The number of anilines is 1. The molecule has 1 saturated heterocycles. The van der Waals surface area contributed by atoms with Gasteiger partial charge in [0.15, 0.2) is 5.13 Å². The van der Waals surface area contributed by atoms with Gasteiger partial charge >= 0.3 is 0 Å². The van der Waals surface area contributed by atoms with Crippen molar-refractivity contribution in [3.63, 3.8) is 0 Å². The molecule has 11 heteroatoms. The summed E-state index contributed by atoms with van der Waals surface area (Å²) in [5, 5.41) is 14.5. The Morgan fingerprint density at radius 2 is 1.81 bits per heavy atom. The van der Waals surface area contributed by atoms with Crippen molar-refractivity contribution in [1.29, 1.82) is 0 Å². The van der Waals surface area contributed by atoms with Crippen molar-refractivity contribution in [3.8, 4) is 0 Å². The highest BCUT2D eigenvalue weighted by Gasteiger charge is 2.30. The zero-order valence-corrected chi connectivity index (χ0v) is 18.7. The molecule has 31 heavy (non-hydrogen) atoms. The number of nitrogens with zero attached hydrogens (tertiary/aromatic N) is 4. The number of non-ortho nitro benzene ring substituents is 1. The lowest BCUT2D eigenvalue weighted by molar-refractivity contribution is -0.385. The van der Waals surface area contributed by atoms with Crippen LogP contribution in [-0.4, -0.2) is 48.8 Å². The van der Waals surface area contributed by atoms with Gasteiger partial charge in [0.1, 0.15) is 0 Å². The predicted molar refractivity (Wildman–Crippen MR) is 120 cm³/mol. The first-order chi connectivity index (χ1) is 14.8. The summed E-state index contributed by atoms with van der Waals surface area (Å²) >= 11 is 7.46. The maximum Gasteiger partial charge on any atom is 0.270 e. The summed E-state index contributed by atoms with van der Waals surface area (Å²) in [4.78, 5) is 17.1. The number of hydrogen-bond acceptors (Lipinski definition) is 7. The van der Waals surface area contributed by atoms with E-state index in [-0.39, 0.29) is 23.7 Å². The lowest BCUT2D eigenvalue weighted by Crippen LogP contribution is -2.48. The van der Waals surface area contributed by atoms with Crippen molar-refractivity contribution in [1.82, 2.24) is 9.29 Å². The highest BCUT2D eigenvalue weighted by Crippen LogP contribution is 2.26. The second kappa shape index (κ2) is 8.91. The molecule has 0 spiro atoms. The van der Waals surface area contributed by atoms with Crippen LogP contribution in [0.2, 0.25) is 5.02 Å². The molecule has 8 nitrogen and oxygen atoms in total. The number of thiazole rings is 1. The standard InChI is InChI=1S/C20H19ClN4O4S2/c21-16-6-4-15(5-7-16)12-17-14-30-20(22-17)23-8-10-24(11-9-23)31(28,29)19-3-1-2-18(13-19)25(26)27/h1-7,13-14H,8-12H2. The van der Waals surface area contributed by atoms with Gasteiger partial charge in [-0.2, -0.15) is 4.31 Å². The number of benzene rings is 2. The Balaban J connectivity index is 1.40. The van der Waals surface area contributed by atoms with Gasteiger partial charge in [0.05, 0.1) is 15.5 Å². The van der Waals surface area contributed by atoms with E-state index in [0.29, 0.717) is 24.5 Å². The Morgan fingerprint density at radius 1 is 1.10 bits per heavy atom. The number of sulfonamides is 1. The molecule has 0 atom stereocenters. The Bertz CT molecular complexity index is 1190. The SMILES string of the molecule is O=[N+]([O-])c1cccc(S(=O)(=O)N2CCN(c3nc(Cc4ccc(Cl)cc4)cs3)CC2)c1. The number of aromatic nitrogens is 1. The van der Waals surface area contributed by atoms with Gasteiger partial charge < -0.3 is 4.90 Å². The molecule has 0 amide bonds. The topological polar surface area (TPSA) is 96.6 Å². The van der Waals surface area contributed by atoms with Crippen molar-refractivity contribution < 1.29 is 13.3 Å². The molecule has 1 aromatic heterocycles. The Labute approximate surface area is 188 Å². The predicted octanol–water partition coefficient (Wildman–Crippen LogP) is 3.81. The van der Waals surface area contributed by atoms with Gasteiger partial charge in [0, 0.05) is 55.1 Å². The van der Waals surface area contributed by atoms with E-state index in [4.69, 9.17) is 16.6 Å². The molecule has 0 bridgehead atoms. The molecule has 0 aliphatic carbocycles. The zero-order valence-electron chi connectivity index (χ0n) is 16.3. The van der Waals surface area contributed by atoms with Crippen LogP contribution in [0.3, 0.4) is 0 Å². The van der Waals surface area contributed by atoms with Crippen LogP contribution in [0.4, 0.5) is 10.8 Å². The van der Waals surface area contributed by atoms with Crippen LogP contribution in [0.25, 0.3) is 0 Å². The minimum Gasteiger partial charge on any atom is -0.345 e. The average Bonchev–Trinajstić information content (AvgIpc) is 3.24. The highest BCUT2D eigenvalue weighted by molar-refractivity contribution is 7.89. The lowest BCUT2D eigenvalue weighted by Gasteiger charge is -2.33. The minimum absolute atomic E-state index is 0.0605. The number of piperazine rings is 1. The fourth-order valence-electron chi connectivity index (χ4n) is 3.36. The molecule has 2 aromatic carbocycles. The molecule has 1 fully saturated rings. The van der Waals surface area contributed by atoms with Gasteiger partial charge in [-0.15, -0.1) is 11.3 Å². The number of hydrogen-bond donors (Lipinski definition) is 0. The second-order valence-electron chi connectivity index (χ2n) is 7.07. The lowest BCUT2D eigenvalue weighted by atomic mass is 10.1. The van der Waals surface area contributed by atoms with Crippen LogP contribution in [0.15, 0.2) is 58.8 Å². The fourth-order valence-corrected chi connectivity index (χ4v) is 5.83. The summed E-state index contributed by atoms with van der Waals surface area (Å²) in [5.74, 6) is 0. The zero-order chi connectivity index (χ0) is 22.0. The first kappa shape index (κ1) is 21.7. The van der Waals surface area contributed by atoms with Crippen LogP contribution in [0, 0.1) is 10.1 Å². The van der Waals surface area contributed by atoms with E-state index in [1.165, 1.54) is 33.8 Å². The van der Waals surface area contributed by atoms with Gasteiger partial charge in [-0.3, -0.25) is 10.1 Å². The number of nitro groups is 1. The number of halogens is 1.